The topological polar surface area (TPSA) is 66.8 Å². The number of methoxy groups -OCH3 is 1. The molecule has 0 radical (unpaired) electrons. The normalized spacial score (nSPS) is 48.1. The Balaban J connectivity index is 2.11. The molecule has 2 aliphatic carbocycles. The van der Waals surface area contributed by atoms with Crippen molar-refractivity contribution < 1.29 is 19.7 Å². The maximum atomic E-state index is 11.2. The van der Waals surface area contributed by atoms with E-state index in [2.05, 4.69) is 4.74 Å². The van der Waals surface area contributed by atoms with E-state index in [0.29, 0.717) is 12.8 Å². The predicted octanol–water partition coefficient (Wildman–Crippen LogP) is -0.463. The standard InChI is InChI=1S/C9H14O4/c1-13-9(12)5-2-6-7(10)3-4(5)8(6)11/h4-8,10-11H,2-3H2,1H3. The molecule has 0 saturated heterocycles. The highest BCUT2D eigenvalue weighted by Crippen LogP contribution is 2.48. The average Bonchev–Trinajstić information content (AvgIpc) is 2.57. The van der Waals surface area contributed by atoms with Crippen molar-refractivity contribution in [2.45, 2.75) is 25.0 Å². The van der Waals surface area contributed by atoms with E-state index in [4.69, 9.17) is 0 Å². The lowest BCUT2D eigenvalue weighted by Gasteiger charge is -2.21. The Morgan fingerprint density at radius 3 is 2.38 bits per heavy atom. The first kappa shape index (κ1) is 8.97. The third kappa shape index (κ3) is 1.16. The van der Waals surface area contributed by atoms with Crippen LogP contribution in [0, 0.1) is 17.8 Å². The Bertz CT molecular complexity index is 228. The van der Waals surface area contributed by atoms with Crippen LogP contribution >= 0.6 is 0 Å². The van der Waals surface area contributed by atoms with E-state index in [0.717, 1.165) is 0 Å². The van der Waals surface area contributed by atoms with Gasteiger partial charge in [0, 0.05) is 11.8 Å². The fourth-order valence-corrected chi connectivity index (χ4v) is 2.73. The number of ether oxygens (including phenoxy) is 1. The molecule has 2 aliphatic rings. The number of carbonyl (C=O) groups excluding carboxylic acids is 1. The van der Waals surface area contributed by atoms with Gasteiger partial charge in [-0.15, -0.1) is 0 Å². The summed E-state index contributed by atoms with van der Waals surface area (Å²) in [5, 5.41) is 19.1. The Kier molecular flexibility index (Phi) is 2.04. The van der Waals surface area contributed by atoms with E-state index in [1.54, 1.807) is 0 Å². The third-order valence-electron chi connectivity index (χ3n) is 3.43. The molecule has 0 aromatic carbocycles. The highest BCUT2D eigenvalue weighted by atomic mass is 16.5. The molecule has 4 nitrogen and oxygen atoms in total. The second kappa shape index (κ2) is 2.96. The lowest BCUT2D eigenvalue weighted by Crippen LogP contribution is -2.27. The zero-order valence-corrected chi connectivity index (χ0v) is 7.51. The smallest absolute Gasteiger partial charge is 0.309 e. The van der Waals surface area contributed by atoms with Gasteiger partial charge in [0.1, 0.15) is 0 Å². The molecule has 0 heterocycles. The molecule has 2 rings (SSSR count). The maximum absolute atomic E-state index is 11.2. The largest absolute Gasteiger partial charge is 0.469 e. The molecule has 2 bridgehead atoms. The van der Waals surface area contributed by atoms with Gasteiger partial charge in [0.25, 0.3) is 0 Å². The zero-order chi connectivity index (χ0) is 9.59. The van der Waals surface area contributed by atoms with Crippen LogP contribution in [0.2, 0.25) is 0 Å². The van der Waals surface area contributed by atoms with Crippen LogP contribution in [0.1, 0.15) is 12.8 Å². The van der Waals surface area contributed by atoms with Crippen molar-refractivity contribution >= 4 is 5.97 Å². The highest BCUT2D eigenvalue weighted by molar-refractivity contribution is 5.73. The van der Waals surface area contributed by atoms with Crippen molar-refractivity contribution in [3.63, 3.8) is 0 Å². The summed E-state index contributed by atoms with van der Waals surface area (Å²) in [5.41, 5.74) is 0. The van der Waals surface area contributed by atoms with Crippen LogP contribution < -0.4 is 0 Å². The maximum Gasteiger partial charge on any atom is 0.309 e. The SMILES string of the molecule is COC(=O)C1CC2C(O)CC1C2O. The summed E-state index contributed by atoms with van der Waals surface area (Å²) in [5.74, 6) is -0.659. The molecule has 2 N–H and O–H groups in total. The van der Waals surface area contributed by atoms with Gasteiger partial charge >= 0.3 is 5.97 Å². The first-order chi connectivity index (χ1) is 6.15. The van der Waals surface area contributed by atoms with Crippen LogP contribution in [0.25, 0.3) is 0 Å². The molecule has 5 atom stereocenters. The summed E-state index contributed by atoms with van der Waals surface area (Å²) < 4.78 is 4.64. The summed E-state index contributed by atoms with van der Waals surface area (Å²) in [6.07, 6.45) is 0.158. The number of hydrogen-bond acceptors (Lipinski definition) is 4. The lowest BCUT2D eigenvalue weighted by atomic mass is 9.87. The molecule has 0 aromatic heterocycles. The number of aliphatic hydroxyl groups excluding tert-OH is 2. The molecular weight excluding hydrogens is 172 g/mol. The van der Waals surface area contributed by atoms with Gasteiger partial charge in [-0.05, 0) is 12.8 Å². The molecule has 0 aromatic rings. The molecule has 0 aliphatic heterocycles. The monoisotopic (exact) mass is 186 g/mol. The molecule has 2 fully saturated rings. The van der Waals surface area contributed by atoms with Crippen molar-refractivity contribution in [2.24, 2.45) is 17.8 Å². The van der Waals surface area contributed by atoms with Gasteiger partial charge in [-0.25, -0.2) is 0 Å². The van der Waals surface area contributed by atoms with E-state index in [9.17, 15) is 15.0 Å². The third-order valence-corrected chi connectivity index (χ3v) is 3.43. The Morgan fingerprint density at radius 1 is 1.31 bits per heavy atom. The van der Waals surface area contributed by atoms with Crippen molar-refractivity contribution in [2.75, 3.05) is 7.11 Å². The summed E-state index contributed by atoms with van der Waals surface area (Å²) in [6, 6.07) is 0. The number of aliphatic hydroxyl groups is 2. The van der Waals surface area contributed by atoms with Gasteiger partial charge in [-0.3, -0.25) is 4.79 Å². The fourth-order valence-electron chi connectivity index (χ4n) is 2.73. The molecule has 5 unspecified atom stereocenters. The van der Waals surface area contributed by atoms with Crippen molar-refractivity contribution in [1.29, 1.82) is 0 Å². The highest BCUT2D eigenvalue weighted by Gasteiger charge is 2.54. The van der Waals surface area contributed by atoms with E-state index < -0.39 is 12.2 Å². The molecule has 2 saturated carbocycles. The van der Waals surface area contributed by atoms with Crippen molar-refractivity contribution in [3.05, 3.63) is 0 Å². The average molecular weight is 186 g/mol. The predicted molar refractivity (Wildman–Crippen MR) is 43.7 cm³/mol. The molecular formula is C9H14O4. The van der Waals surface area contributed by atoms with E-state index in [-0.39, 0.29) is 23.7 Å². The molecule has 4 heteroatoms. The van der Waals surface area contributed by atoms with Gasteiger partial charge < -0.3 is 14.9 Å². The first-order valence-electron chi connectivity index (χ1n) is 4.59. The summed E-state index contributed by atoms with van der Waals surface area (Å²) in [6.45, 7) is 0. The van der Waals surface area contributed by atoms with E-state index in [1.807, 2.05) is 0 Å². The van der Waals surface area contributed by atoms with Gasteiger partial charge in [-0.1, -0.05) is 0 Å². The fraction of sp³-hybridized carbons (Fsp3) is 0.889. The number of fused-ring (bicyclic) bond motifs is 2. The summed E-state index contributed by atoms with van der Waals surface area (Å²) >= 11 is 0. The summed E-state index contributed by atoms with van der Waals surface area (Å²) in [7, 11) is 1.36. The second-order valence-corrected chi connectivity index (χ2v) is 3.99. The van der Waals surface area contributed by atoms with Gasteiger partial charge in [0.2, 0.25) is 0 Å². The number of carbonyl (C=O) groups is 1. The van der Waals surface area contributed by atoms with Crippen molar-refractivity contribution in [3.8, 4) is 0 Å². The van der Waals surface area contributed by atoms with Gasteiger partial charge in [0.05, 0.1) is 25.2 Å². The second-order valence-electron chi connectivity index (χ2n) is 3.99. The van der Waals surface area contributed by atoms with Crippen LogP contribution in [0.5, 0.6) is 0 Å². The Hall–Kier alpha value is -0.610. The van der Waals surface area contributed by atoms with Gasteiger partial charge in [-0.2, -0.15) is 0 Å². The van der Waals surface area contributed by atoms with Crippen LogP contribution in [-0.4, -0.2) is 35.5 Å². The first-order valence-corrected chi connectivity index (χ1v) is 4.59. The minimum Gasteiger partial charge on any atom is -0.469 e. The quantitative estimate of drug-likeness (QED) is 0.544. The number of hydrogen-bond donors (Lipinski definition) is 2. The molecule has 74 valence electrons. The summed E-state index contributed by atoms with van der Waals surface area (Å²) in [4.78, 5) is 11.2. The molecule has 0 spiro atoms. The minimum atomic E-state index is -0.515. The van der Waals surface area contributed by atoms with E-state index in [1.165, 1.54) is 7.11 Å². The molecule has 0 amide bonds. The Labute approximate surface area is 76.5 Å². The number of rotatable bonds is 1. The molecule has 13 heavy (non-hydrogen) atoms. The van der Waals surface area contributed by atoms with Crippen LogP contribution in [0.3, 0.4) is 0 Å². The Morgan fingerprint density at radius 2 is 2.00 bits per heavy atom. The van der Waals surface area contributed by atoms with E-state index >= 15 is 0 Å². The lowest BCUT2D eigenvalue weighted by molar-refractivity contribution is -0.148. The van der Waals surface area contributed by atoms with Crippen LogP contribution in [-0.2, 0) is 9.53 Å². The number of esters is 1. The van der Waals surface area contributed by atoms with Crippen LogP contribution in [0.15, 0.2) is 0 Å². The van der Waals surface area contributed by atoms with Crippen LogP contribution in [0.4, 0.5) is 0 Å². The van der Waals surface area contributed by atoms with Gasteiger partial charge in [0.15, 0.2) is 0 Å². The minimum absolute atomic E-state index is 0.0903. The van der Waals surface area contributed by atoms with Crippen molar-refractivity contribution in [1.82, 2.24) is 0 Å². The zero-order valence-electron chi connectivity index (χ0n) is 7.51.